The van der Waals surface area contributed by atoms with Gasteiger partial charge in [0.15, 0.2) is 0 Å². The zero-order chi connectivity index (χ0) is 12.3. The van der Waals surface area contributed by atoms with E-state index in [0.29, 0.717) is 31.7 Å². The Morgan fingerprint density at radius 1 is 1.53 bits per heavy atom. The smallest absolute Gasteiger partial charge is 0.225 e. The molecular formula is C12H15FN2O2. The molecule has 1 fully saturated rings. The van der Waals surface area contributed by atoms with Gasteiger partial charge in [-0.2, -0.15) is 0 Å². The fourth-order valence-corrected chi connectivity index (χ4v) is 1.77. The zero-order valence-corrected chi connectivity index (χ0v) is 9.40. The monoisotopic (exact) mass is 238 g/mol. The Balaban J connectivity index is 1.73. The first-order valence-corrected chi connectivity index (χ1v) is 5.59. The molecule has 1 aromatic carbocycles. The molecular weight excluding hydrogens is 223 g/mol. The molecule has 2 rings (SSSR count). The van der Waals surface area contributed by atoms with Gasteiger partial charge in [-0.3, -0.25) is 9.69 Å². The first-order valence-electron chi connectivity index (χ1n) is 5.59. The van der Waals surface area contributed by atoms with Gasteiger partial charge in [0.05, 0.1) is 6.10 Å². The standard InChI is InChI=1S/C12H15FN2O2/c13-9-2-1-3-10(6-9)14-12(17)4-5-15-7-11(16)8-15/h1-3,6,11,16H,4-5,7-8H2,(H,14,17). The van der Waals surface area contributed by atoms with E-state index in [-0.39, 0.29) is 17.8 Å². The molecule has 1 amide bonds. The van der Waals surface area contributed by atoms with Gasteiger partial charge in [0.25, 0.3) is 0 Å². The normalized spacial score (nSPS) is 16.6. The number of benzene rings is 1. The summed E-state index contributed by atoms with van der Waals surface area (Å²) in [5, 5.41) is 11.7. The van der Waals surface area contributed by atoms with Crippen molar-refractivity contribution in [2.45, 2.75) is 12.5 Å². The topological polar surface area (TPSA) is 52.6 Å². The van der Waals surface area contributed by atoms with Crippen LogP contribution in [0, 0.1) is 5.82 Å². The Morgan fingerprint density at radius 2 is 2.29 bits per heavy atom. The summed E-state index contributed by atoms with van der Waals surface area (Å²) in [6.07, 6.45) is 0.102. The first kappa shape index (κ1) is 12.0. The Hall–Kier alpha value is -1.46. The molecule has 17 heavy (non-hydrogen) atoms. The summed E-state index contributed by atoms with van der Waals surface area (Å²) in [5.41, 5.74) is 0.471. The van der Waals surface area contributed by atoms with Crippen molar-refractivity contribution in [1.29, 1.82) is 0 Å². The van der Waals surface area contributed by atoms with Crippen LogP contribution >= 0.6 is 0 Å². The molecule has 92 valence electrons. The fraction of sp³-hybridized carbons (Fsp3) is 0.417. The number of carbonyl (C=O) groups excluding carboxylic acids is 1. The third kappa shape index (κ3) is 3.51. The molecule has 0 bridgehead atoms. The number of amides is 1. The van der Waals surface area contributed by atoms with Crippen LogP contribution < -0.4 is 5.32 Å². The molecule has 0 aliphatic carbocycles. The molecule has 1 heterocycles. The highest BCUT2D eigenvalue weighted by Crippen LogP contribution is 2.11. The Labute approximate surface area is 99.0 Å². The third-order valence-electron chi connectivity index (χ3n) is 2.70. The van der Waals surface area contributed by atoms with E-state index in [9.17, 15) is 9.18 Å². The summed E-state index contributed by atoms with van der Waals surface area (Å²) < 4.78 is 12.9. The lowest BCUT2D eigenvalue weighted by Crippen LogP contribution is -2.51. The number of hydrogen-bond acceptors (Lipinski definition) is 3. The van der Waals surface area contributed by atoms with Crippen LogP contribution in [-0.2, 0) is 4.79 Å². The van der Waals surface area contributed by atoms with Crippen LogP contribution in [0.4, 0.5) is 10.1 Å². The molecule has 0 spiro atoms. The number of likely N-dealkylation sites (tertiary alicyclic amines) is 1. The van der Waals surface area contributed by atoms with Gasteiger partial charge < -0.3 is 10.4 Å². The van der Waals surface area contributed by atoms with Crippen molar-refractivity contribution in [3.8, 4) is 0 Å². The largest absolute Gasteiger partial charge is 0.390 e. The second-order valence-electron chi connectivity index (χ2n) is 4.22. The Bertz CT molecular complexity index is 405. The number of halogens is 1. The number of β-amino-alcohol motifs (C(OH)–C–C–N with tert-alkyl or cyclic N) is 1. The molecule has 2 N–H and O–H groups in total. The summed E-state index contributed by atoms with van der Waals surface area (Å²) in [5.74, 6) is -0.509. The number of nitrogens with zero attached hydrogens (tertiary/aromatic N) is 1. The van der Waals surface area contributed by atoms with Gasteiger partial charge in [0.1, 0.15) is 5.82 Å². The summed E-state index contributed by atoms with van der Waals surface area (Å²) in [4.78, 5) is 13.5. The van der Waals surface area contributed by atoms with Crippen LogP contribution in [-0.4, -0.2) is 41.7 Å². The highest BCUT2D eigenvalue weighted by Gasteiger charge is 2.24. The maximum absolute atomic E-state index is 12.9. The van der Waals surface area contributed by atoms with Crippen molar-refractivity contribution in [3.63, 3.8) is 0 Å². The molecule has 0 saturated carbocycles. The van der Waals surface area contributed by atoms with E-state index < -0.39 is 0 Å². The maximum Gasteiger partial charge on any atom is 0.225 e. The van der Waals surface area contributed by atoms with Crippen LogP contribution in [0.3, 0.4) is 0 Å². The van der Waals surface area contributed by atoms with Crippen molar-refractivity contribution in [2.75, 3.05) is 25.0 Å². The molecule has 1 aromatic rings. The lowest BCUT2D eigenvalue weighted by molar-refractivity contribution is -0.117. The van der Waals surface area contributed by atoms with Gasteiger partial charge in [0.2, 0.25) is 5.91 Å². The summed E-state index contributed by atoms with van der Waals surface area (Å²) in [7, 11) is 0. The molecule has 1 aliphatic heterocycles. The molecule has 1 aliphatic rings. The molecule has 0 aromatic heterocycles. The fourth-order valence-electron chi connectivity index (χ4n) is 1.77. The first-order chi connectivity index (χ1) is 8.13. The number of aliphatic hydroxyl groups excluding tert-OH is 1. The van der Waals surface area contributed by atoms with E-state index in [0.717, 1.165) is 0 Å². The van der Waals surface area contributed by atoms with E-state index >= 15 is 0 Å². The lowest BCUT2D eigenvalue weighted by Gasteiger charge is -2.35. The zero-order valence-electron chi connectivity index (χ0n) is 9.40. The summed E-state index contributed by atoms with van der Waals surface area (Å²) in [6.45, 7) is 1.89. The molecule has 0 unspecified atom stereocenters. The maximum atomic E-state index is 12.9. The van der Waals surface area contributed by atoms with Crippen molar-refractivity contribution in [1.82, 2.24) is 4.90 Å². The number of hydrogen-bond donors (Lipinski definition) is 2. The van der Waals surface area contributed by atoms with Crippen LogP contribution in [0.2, 0.25) is 0 Å². The summed E-state index contributed by atoms with van der Waals surface area (Å²) >= 11 is 0. The number of rotatable bonds is 4. The quantitative estimate of drug-likeness (QED) is 0.817. The minimum absolute atomic E-state index is 0.142. The van der Waals surface area contributed by atoms with E-state index in [1.807, 2.05) is 4.90 Å². The predicted molar refractivity (Wildman–Crippen MR) is 62.1 cm³/mol. The number of carbonyl (C=O) groups is 1. The number of anilines is 1. The molecule has 1 saturated heterocycles. The van der Waals surface area contributed by atoms with Crippen LogP contribution in [0.1, 0.15) is 6.42 Å². The van der Waals surface area contributed by atoms with Gasteiger partial charge >= 0.3 is 0 Å². The van der Waals surface area contributed by atoms with Crippen LogP contribution in [0.15, 0.2) is 24.3 Å². The average Bonchev–Trinajstić information content (AvgIpc) is 2.23. The van der Waals surface area contributed by atoms with E-state index in [1.54, 1.807) is 12.1 Å². The number of aliphatic hydroxyl groups is 1. The van der Waals surface area contributed by atoms with Crippen LogP contribution in [0.5, 0.6) is 0 Å². The minimum atomic E-state index is -0.367. The van der Waals surface area contributed by atoms with Crippen molar-refractivity contribution in [2.24, 2.45) is 0 Å². The third-order valence-corrected chi connectivity index (χ3v) is 2.70. The lowest BCUT2D eigenvalue weighted by atomic mass is 10.1. The summed E-state index contributed by atoms with van der Waals surface area (Å²) in [6, 6.07) is 5.81. The van der Waals surface area contributed by atoms with Crippen molar-refractivity contribution in [3.05, 3.63) is 30.1 Å². The van der Waals surface area contributed by atoms with Crippen molar-refractivity contribution >= 4 is 11.6 Å². The second-order valence-corrected chi connectivity index (χ2v) is 4.22. The van der Waals surface area contributed by atoms with Gasteiger partial charge in [-0.1, -0.05) is 6.07 Å². The highest BCUT2D eigenvalue weighted by molar-refractivity contribution is 5.90. The number of nitrogens with one attached hydrogen (secondary N) is 1. The highest BCUT2D eigenvalue weighted by atomic mass is 19.1. The SMILES string of the molecule is O=C(CCN1CC(O)C1)Nc1cccc(F)c1. The van der Waals surface area contributed by atoms with E-state index in [4.69, 9.17) is 5.11 Å². The molecule has 4 nitrogen and oxygen atoms in total. The van der Waals surface area contributed by atoms with Crippen LogP contribution in [0.25, 0.3) is 0 Å². The van der Waals surface area contributed by atoms with E-state index in [2.05, 4.69) is 5.32 Å². The van der Waals surface area contributed by atoms with Gasteiger partial charge in [0, 0.05) is 31.7 Å². The molecule has 0 atom stereocenters. The van der Waals surface area contributed by atoms with Gasteiger partial charge in [-0.25, -0.2) is 4.39 Å². The van der Waals surface area contributed by atoms with Gasteiger partial charge in [-0.05, 0) is 18.2 Å². The second kappa shape index (κ2) is 5.25. The molecule has 0 radical (unpaired) electrons. The van der Waals surface area contributed by atoms with Crippen molar-refractivity contribution < 1.29 is 14.3 Å². The average molecular weight is 238 g/mol. The Kier molecular flexibility index (Phi) is 3.71. The minimum Gasteiger partial charge on any atom is -0.390 e. The predicted octanol–water partition coefficient (Wildman–Crippen LogP) is 0.831. The molecule has 5 heteroatoms. The van der Waals surface area contributed by atoms with Gasteiger partial charge in [-0.15, -0.1) is 0 Å². The Morgan fingerprint density at radius 3 is 2.94 bits per heavy atom. The van der Waals surface area contributed by atoms with E-state index in [1.165, 1.54) is 12.1 Å².